The predicted molar refractivity (Wildman–Crippen MR) is 70.9 cm³/mol. The zero-order valence-electron chi connectivity index (χ0n) is 10.9. The van der Waals surface area contributed by atoms with Crippen LogP contribution in [0.1, 0.15) is 38.8 Å². The molecule has 0 amide bonds. The third-order valence-electron chi connectivity index (χ3n) is 2.91. The van der Waals surface area contributed by atoms with Gasteiger partial charge in [0.1, 0.15) is 0 Å². The van der Waals surface area contributed by atoms with Crippen molar-refractivity contribution in [1.82, 2.24) is 0 Å². The summed E-state index contributed by atoms with van der Waals surface area (Å²) in [6.45, 7) is 7.86. The molecule has 0 aliphatic carbocycles. The van der Waals surface area contributed by atoms with Crippen molar-refractivity contribution in [2.75, 3.05) is 0 Å². The fourth-order valence-electron chi connectivity index (χ4n) is 1.74. The van der Waals surface area contributed by atoms with Crippen LogP contribution in [0.5, 0.6) is 0 Å². The highest BCUT2D eigenvalue weighted by molar-refractivity contribution is 5.95. The summed E-state index contributed by atoms with van der Waals surface area (Å²) in [5.74, 6) is -0.216. The summed E-state index contributed by atoms with van der Waals surface area (Å²) in [6.07, 6.45) is 1.06. The molecule has 0 radical (unpaired) electrons. The van der Waals surface area contributed by atoms with Gasteiger partial charge < -0.3 is 5.11 Å². The van der Waals surface area contributed by atoms with Gasteiger partial charge >= 0.3 is 5.97 Å². The molecule has 1 aromatic carbocycles. The molecule has 0 saturated carbocycles. The number of benzene rings is 1. The van der Waals surface area contributed by atoms with Gasteiger partial charge in [0.15, 0.2) is 0 Å². The van der Waals surface area contributed by atoms with Crippen LogP contribution in [0.2, 0.25) is 0 Å². The highest BCUT2D eigenvalue weighted by atomic mass is 16.4. The maximum atomic E-state index is 10.9. The lowest BCUT2D eigenvalue weighted by molar-refractivity contribution is -0.132. The van der Waals surface area contributed by atoms with E-state index in [0.717, 1.165) is 17.6 Å². The Labute approximate surface area is 103 Å². The first-order valence-corrected chi connectivity index (χ1v) is 5.92. The molecule has 1 aromatic rings. The Bertz CT molecular complexity index is 425. The zero-order valence-corrected chi connectivity index (χ0v) is 10.9. The number of hydrogen-bond donors (Lipinski definition) is 1. The van der Waals surface area contributed by atoms with Crippen molar-refractivity contribution in [3.05, 3.63) is 41.0 Å². The van der Waals surface area contributed by atoms with Crippen LogP contribution >= 0.6 is 0 Å². The second-order valence-electron chi connectivity index (χ2n) is 4.85. The monoisotopic (exact) mass is 232 g/mol. The average Bonchev–Trinajstić information content (AvgIpc) is 2.27. The number of carboxylic acids is 1. The van der Waals surface area contributed by atoms with E-state index in [0.29, 0.717) is 11.5 Å². The van der Waals surface area contributed by atoms with Gasteiger partial charge in [0, 0.05) is 5.57 Å². The number of carboxylic acid groups (broad SMARTS) is 1. The first-order chi connectivity index (χ1) is 7.91. The second-order valence-corrected chi connectivity index (χ2v) is 4.85. The van der Waals surface area contributed by atoms with Gasteiger partial charge in [0.05, 0.1) is 0 Å². The van der Waals surface area contributed by atoms with Gasteiger partial charge in [0.2, 0.25) is 0 Å². The molecule has 0 aliphatic rings. The molecule has 1 rings (SSSR count). The maximum Gasteiger partial charge on any atom is 0.331 e. The Kier molecular flexibility index (Phi) is 4.50. The Hall–Kier alpha value is -1.57. The van der Waals surface area contributed by atoms with E-state index >= 15 is 0 Å². The number of rotatable bonds is 4. The van der Waals surface area contributed by atoms with Crippen molar-refractivity contribution >= 4 is 11.5 Å². The Morgan fingerprint density at radius 3 is 2.12 bits per heavy atom. The molecule has 0 aliphatic heterocycles. The van der Waals surface area contributed by atoms with E-state index in [1.165, 1.54) is 5.56 Å². The van der Waals surface area contributed by atoms with E-state index in [4.69, 9.17) is 5.11 Å². The fraction of sp³-hybridized carbons (Fsp3) is 0.400. The molecule has 17 heavy (non-hydrogen) atoms. The molecule has 0 bridgehead atoms. The molecule has 1 N–H and O–H groups in total. The Balaban J connectivity index is 2.95. The Morgan fingerprint density at radius 1 is 1.18 bits per heavy atom. The molecule has 2 heteroatoms. The molecular formula is C15H20O2. The van der Waals surface area contributed by atoms with Gasteiger partial charge in [0.25, 0.3) is 0 Å². The van der Waals surface area contributed by atoms with Crippen LogP contribution in [0.15, 0.2) is 29.8 Å². The first-order valence-electron chi connectivity index (χ1n) is 5.92. The number of carbonyl (C=O) groups is 1. The van der Waals surface area contributed by atoms with Gasteiger partial charge in [-0.2, -0.15) is 0 Å². The lowest BCUT2D eigenvalue weighted by Gasteiger charge is -2.08. The van der Waals surface area contributed by atoms with Crippen molar-refractivity contribution in [2.24, 2.45) is 5.92 Å². The summed E-state index contributed by atoms with van der Waals surface area (Å²) < 4.78 is 0. The topological polar surface area (TPSA) is 37.3 Å². The molecular weight excluding hydrogens is 212 g/mol. The first kappa shape index (κ1) is 13.5. The van der Waals surface area contributed by atoms with Crippen molar-refractivity contribution in [3.8, 4) is 0 Å². The summed E-state index contributed by atoms with van der Waals surface area (Å²) in [7, 11) is 0. The summed E-state index contributed by atoms with van der Waals surface area (Å²) in [5.41, 5.74) is 3.51. The highest BCUT2D eigenvalue weighted by Gasteiger charge is 2.07. The maximum absolute atomic E-state index is 10.9. The minimum Gasteiger partial charge on any atom is -0.478 e. The van der Waals surface area contributed by atoms with Gasteiger partial charge in [-0.15, -0.1) is 0 Å². The Morgan fingerprint density at radius 2 is 1.71 bits per heavy atom. The lowest BCUT2D eigenvalue weighted by atomic mass is 9.98. The molecule has 92 valence electrons. The quantitative estimate of drug-likeness (QED) is 0.802. The molecule has 0 aromatic heterocycles. The number of hydrogen-bond acceptors (Lipinski definition) is 1. The van der Waals surface area contributed by atoms with Crippen LogP contribution in [0.25, 0.3) is 5.57 Å². The average molecular weight is 232 g/mol. The number of aliphatic carboxylic acids is 1. The minimum absolute atomic E-state index is 0.404. The normalized spacial score (nSPS) is 12.5. The number of allylic oxidation sites excluding steroid dienone is 1. The van der Waals surface area contributed by atoms with Crippen molar-refractivity contribution in [2.45, 2.75) is 34.1 Å². The van der Waals surface area contributed by atoms with Crippen LogP contribution in [0.3, 0.4) is 0 Å². The molecule has 0 fully saturated rings. The van der Waals surface area contributed by atoms with E-state index in [-0.39, 0.29) is 0 Å². The van der Waals surface area contributed by atoms with Crippen molar-refractivity contribution in [1.29, 1.82) is 0 Å². The standard InChI is InChI=1S/C15H20O2/c1-10(2)9-13-5-7-14(8-6-13)11(3)12(4)15(16)17/h5-8,10H,9H2,1-4H3,(H,16,17). The van der Waals surface area contributed by atoms with Crippen molar-refractivity contribution < 1.29 is 9.90 Å². The van der Waals surface area contributed by atoms with Crippen LogP contribution in [0, 0.1) is 5.92 Å². The summed E-state index contributed by atoms with van der Waals surface area (Å²) in [5, 5.41) is 8.93. The van der Waals surface area contributed by atoms with Crippen LogP contribution in [0.4, 0.5) is 0 Å². The van der Waals surface area contributed by atoms with E-state index in [2.05, 4.69) is 26.0 Å². The van der Waals surface area contributed by atoms with E-state index < -0.39 is 5.97 Å². The van der Waals surface area contributed by atoms with E-state index in [1.54, 1.807) is 6.92 Å². The molecule has 2 nitrogen and oxygen atoms in total. The predicted octanol–water partition coefficient (Wildman–Crippen LogP) is 3.76. The summed E-state index contributed by atoms with van der Waals surface area (Å²) >= 11 is 0. The zero-order chi connectivity index (χ0) is 13.0. The minimum atomic E-state index is -0.853. The fourth-order valence-corrected chi connectivity index (χ4v) is 1.74. The van der Waals surface area contributed by atoms with Crippen LogP contribution in [-0.4, -0.2) is 11.1 Å². The third kappa shape index (κ3) is 3.74. The molecule has 0 unspecified atom stereocenters. The van der Waals surface area contributed by atoms with Crippen LogP contribution in [-0.2, 0) is 11.2 Å². The van der Waals surface area contributed by atoms with E-state index in [9.17, 15) is 4.79 Å². The van der Waals surface area contributed by atoms with E-state index in [1.807, 2.05) is 19.1 Å². The summed E-state index contributed by atoms with van der Waals surface area (Å²) in [6, 6.07) is 8.15. The summed E-state index contributed by atoms with van der Waals surface area (Å²) in [4.78, 5) is 10.9. The smallest absolute Gasteiger partial charge is 0.331 e. The largest absolute Gasteiger partial charge is 0.478 e. The molecule has 0 spiro atoms. The third-order valence-corrected chi connectivity index (χ3v) is 2.91. The second kappa shape index (κ2) is 5.67. The van der Waals surface area contributed by atoms with Crippen LogP contribution < -0.4 is 0 Å². The van der Waals surface area contributed by atoms with Gasteiger partial charge in [-0.05, 0) is 42.9 Å². The van der Waals surface area contributed by atoms with Gasteiger partial charge in [-0.1, -0.05) is 38.1 Å². The van der Waals surface area contributed by atoms with Crippen molar-refractivity contribution in [3.63, 3.8) is 0 Å². The lowest BCUT2D eigenvalue weighted by Crippen LogP contribution is -1.99. The van der Waals surface area contributed by atoms with Gasteiger partial charge in [-0.3, -0.25) is 0 Å². The SMILES string of the molecule is CC(C(=O)O)=C(C)c1ccc(CC(C)C)cc1. The molecule has 0 saturated heterocycles. The molecule has 0 heterocycles. The molecule has 0 atom stereocenters. The highest BCUT2D eigenvalue weighted by Crippen LogP contribution is 2.19. The van der Waals surface area contributed by atoms with Gasteiger partial charge in [-0.25, -0.2) is 4.79 Å².